The van der Waals surface area contributed by atoms with Gasteiger partial charge in [-0.3, -0.25) is 4.99 Å². The molecule has 33 heavy (non-hydrogen) atoms. The number of nitrogens with zero attached hydrogens (tertiary/aromatic N) is 1. The Morgan fingerprint density at radius 1 is 1.15 bits per heavy atom. The number of ether oxygens (including phenoxy) is 2. The highest BCUT2D eigenvalue weighted by atomic mass is 127. The smallest absolute Gasteiger partial charge is 0.191 e. The van der Waals surface area contributed by atoms with E-state index < -0.39 is 11.9 Å². The molecule has 180 valence electrons. The van der Waals surface area contributed by atoms with Gasteiger partial charge in [-0.05, 0) is 31.9 Å². The predicted molar refractivity (Wildman–Crippen MR) is 140 cm³/mol. The maximum absolute atomic E-state index is 13.8. The Morgan fingerprint density at radius 3 is 2.64 bits per heavy atom. The number of hydrogen-bond acceptors (Lipinski definition) is 4. The summed E-state index contributed by atoms with van der Waals surface area (Å²) >= 11 is 0. The molecule has 0 radical (unpaired) electrons. The molecule has 0 fully saturated rings. The number of rotatable bonds is 10. The number of aliphatic hydroxyl groups is 1. The molecule has 0 aliphatic heterocycles. The van der Waals surface area contributed by atoms with Crippen molar-refractivity contribution in [3.63, 3.8) is 0 Å². The molecule has 0 saturated heterocycles. The van der Waals surface area contributed by atoms with Gasteiger partial charge in [0.25, 0.3) is 0 Å². The van der Waals surface area contributed by atoms with Gasteiger partial charge in [0.15, 0.2) is 5.96 Å². The zero-order chi connectivity index (χ0) is 22.9. The number of hydrogen-bond donors (Lipinski definition) is 4. The molecule has 0 bridgehead atoms. The maximum atomic E-state index is 13.8. The van der Waals surface area contributed by atoms with Crippen molar-refractivity contribution < 1.29 is 19.0 Å². The standard InChI is InChI=1S/C24H31FN4O3.HI/c1-4-26-24(28-15-22(30)18-9-5-6-10-20(18)25)27-11-7-8-16-12-19-21(29-16)13-17(31-2)14-23(19)32-3;/h5-6,9-10,12-14,22,29-30H,4,7-8,11,15H2,1-3H3,(H2,26,27,28);1H. The fourth-order valence-electron chi connectivity index (χ4n) is 3.51. The summed E-state index contributed by atoms with van der Waals surface area (Å²) in [7, 11) is 3.28. The Bertz CT molecular complexity index is 1060. The molecular formula is C24H32FIN4O3. The summed E-state index contributed by atoms with van der Waals surface area (Å²) in [5.41, 5.74) is 2.32. The zero-order valence-electron chi connectivity index (χ0n) is 19.2. The number of benzene rings is 2. The largest absolute Gasteiger partial charge is 0.497 e. The molecule has 7 nitrogen and oxygen atoms in total. The SMILES string of the molecule is CCNC(=NCC(O)c1ccccc1F)NCCCc1cc2c(OC)cc(OC)cc2[nH]1.I. The van der Waals surface area contributed by atoms with Gasteiger partial charge in [-0.1, -0.05) is 18.2 Å². The van der Waals surface area contributed by atoms with Crippen LogP contribution in [0.2, 0.25) is 0 Å². The maximum Gasteiger partial charge on any atom is 0.191 e. The molecule has 1 atom stereocenters. The molecule has 0 aliphatic rings. The highest BCUT2D eigenvalue weighted by molar-refractivity contribution is 14.0. The van der Waals surface area contributed by atoms with Crippen molar-refractivity contribution in [2.45, 2.75) is 25.9 Å². The summed E-state index contributed by atoms with van der Waals surface area (Å²) in [6.07, 6.45) is 0.710. The Morgan fingerprint density at radius 2 is 1.94 bits per heavy atom. The summed E-state index contributed by atoms with van der Waals surface area (Å²) in [5, 5.41) is 17.7. The number of fused-ring (bicyclic) bond motifs is 1. The molecule has 4 N–H and O–H groups in total. The van der Waals surface area contributed by atoms with E-state index in [-0.39, 0.29) is 36.1 Å². The Balaban J connectivity index is 0.00000385. The minimum atomic E-state index is -0.995. The molecule has 9 heteroatoms. The Labute approximate surface area is 210 Å². The lowest BCUT2D eigenvalue weighted by Crippen LogP contribution is -2.38. The lowest BCUT2D eigenvalue weighted by atomic mass is 10.1. The van der Waals surface area contributed by atoms with Gasteiger partial charge in [-0.25, -0.2) is 4.39 Å². The van der Waals surface area contributed by atoms with Gasteiger partial charge in [-0.2, -0.15) is 0 Å². The average Bonchev–Trinajstić information content (AvgIpc) is 3.22. The highest BCUT2D eigenvalue weighted by Crippen LogP contribution is 2.31. The van der Waals surface area contributed by atoms with E-state index in [9.17, 15) is 9.50 Å². The first kappa shape index (κ1) is 26.7. The summed E-state index contributed by atoms with van der Waals surface area (Å²) in [6, 6.07) is 12.1. The van der Waals surface area contributed by atoms with Crippen LogP contribution in [0, 0.1) is 5.82 Å². The van der Waals surface area contributed by atoms with E-state index in [1.165, 1.54) is 6.07 Å². The molecule has 3 rings (SSSR count). The summed E-state index contributed by atoms with van der Waals surface area (Å²) in [5.74, 6) is 1.68. The molecule has 0 saturated carbocycles. The Kier molecular flexibility index (Phi) is 10.7. The first-order valence-corrected chi connectivity index (χ1v) is 10.7. The van der Waals surface area contributed by atoms with Crippen molar-refractivity contribution in [2.75, 3.05) is 33.9 Å². The van der Waals surface area contributed by atoms with Crippen LogP contribution in [0.1, 0.15) is 30.7 Å². The van der Waals surface area contributed by atoms with Crippen LogP contribution in [-0.2, 0) is 6.42 Å². The molecule has 1 aromatic heterocycles. The van der Waals surface area contributed by atoms with Crippen molar-refractivity contribution in [2.24, 2.45) is 4.99 Å². The van der Waals surface area contributed by atoms with Crippen molar-refractivity contribution in [1.29, 1.82) is 0 Å². The van der Waals surface area contributed by atoms with Gasteiger partial charge in [0.05, 0.1) is 26.3 Å². The fraction of sp³-hybridized carbons (Fsp3) is 0.375. The number of methoxy groups -OCH3 is 2. The number of aliphatic imine (C=N–C) groups is 1. The number of aromatic nitrogens is 1. The van der Waals surface area contributed by atoms with Crippen LogP contribution >= 0.6 is 24.0 Å². The van der Waals surface area contributed by atoms with Gasteiger partial charge in [0.1, 0.15) is 23.4 Å². The van der Waals surface area contributed by atoms with E-state index >= 15 is 0 Å². The third kappa shape index (κ3) is 7.23. The van der Waals surface area contributed by atoms with E-state index in [4.69, 9.17) is 9.47 Å². The monoisotopic (exact) mass is 570 g/mol. The molecule has 3 aromatic rings. The number of aliphatic hydroxyl groups excluding tert-OH is 1. The molecule has 2 aromatic carbocycles. The number of halogens is 2. The van der Waals surface area contributed by atoms with E-state index in [1.807, 2.05) is 19.1 Å². The summed E-state index contributed by atoms with van der Waals surface area (Å²) < 4.78 is 24.6. The predicted octanol–water partition coefficient (Wildman–Crippen LogP) is 4.16. The van der Waals surface area contributed by atoms with Gasteiger partial charge < -0.3 is 30.2 Å². The molecule has 0 spiro atoms. The molecule has 0 aliphatic carbocycles. The highest BCUT2D eigenvalue weighted by Gasteiger charge is 2.12. The third-order valence-electron chi connectivity index (χ3n) is 5.13. The number of guanidine groups is 1. The van der Waals surface area contributed by atoms with Crippen LogP contribution in [-0.4, -0.2) is 49.9 Å². The second kappa shape index (κ2) is 13.2. The van der Waals surface area contributed by atoms with Crippen LogP contribution in [0.5, 0.6) is 11.5 Å². The topological polar surface area (TPSA) is 90.9 Å². The van der Waals surface area contributed by atoms with Crippen LogP contribution in [0.3, 0.4) is 0 Å². The average molecular weight is 570 g/mol. The number of aryl methyl sites for hydroxylation is 1. The second-order valence-corrected chi connectivity index (χ2v) is 7.37. The van der Waals surface area contributed by atoms with Crippen molar-refractivity contribution in [3.8, 4) is 11.5 Å². The third-order valence-corrected chi connectivity index (χ3v) is 5.13. The van der Waals surface area contributed by atoms with Crippen molar-refractivity contribution >= 4 is 40.8 Å². The molecule has 1 heterocycles. The van der Waals surface area contributed by atoms with Crippen LogP contribution in [0.25, 0.3) is 10.9 Å². The number of aromatic amines is 1. The summed E-state index contributed by atoms with van der Waals surface area (Å²) in [4.78, 5) is 7.81. The molecule has 0 amide bonds. The Hall–Kier alpha value is -2.53. The van der Waals surface area contributed by atoms with Crippen molar-refractivity contribution in [3.05, 3.63) is 59.5 Å². The zero-order valence-corrected chi connectivity index (χ0v) is 21.5. The summed E-state index contributed by atoms with van der Waals surface area (Å²) in [6.45, 7) is 3.42. The van der Waals surface area contributed by atoms with Crippen LogP contribution in [0.4, 0.5) is 4.39 Å². The van der Waals surface area contributed by atoms with Crippen molar-refractivity contribution in [1.82, 2.24) is 15.6 Å². The lowest BCUT2D eigenvalue weighted by molar-refractivity contribution is 0.182. The van der Waals surface area contributed by atoms with E-state index in [2.05, 4.69) is 26.7 Å². The molecule has 1 unspecified atom stereocenters. The van der Waals surface area contributed by atoms with Gasteiger partial charge in [0.2, 0.25) is 0 Å². The first-order valence-electron chi connectivity index (χ1n) is 10.7. The molecular weight excluding hydrogens is 538 g/mol. The quantitative estimate of drug-likeness (QED) is 0.127. The van der Waals surface area contributed by atoms with Gasteiger partial charge >= 0.3 is 0 Å². The van der Waals surface area contributed by atoms with Gasteiger partial charge in [-0.15, -0.1) is 24.0 Å². The normalized spacial score (nSPS) is 12.2. The van der Waals surface area contributed by atoms with E-state index in [0.717, 1.165) is 40.9 Å². The van der Waals surface area contributed by atoms with E-state index in [0.29, 0.717) is 19.0 Å². The minimum Gasteiger partial charge on any atom is -0.497 e. The minimum absolute atomic E-state index is 0. The van der Waals surface area contributed by atoms with Crippen LogP contribution < -0.4 is 20.1 Å². The van der Waals surface area contributed by atoms with E-state index in [1.54, 1.807) is 32.4 Å². The number of H-pyrrole nitrogens is 1. The number of nitrogens with one attached hydrogen (secondary N) is 3. The van der Waals surface area contributed by atoms with Crippen LogP contribution in [0.15, 0.2) is 47.5 Å². The van der Waals surface area contributed by atoms with Gasteiger partial charge in [0, 0.05) is 41.9 Å². The first-order chi connectivity index (χ1) is 15.5. The second-order valence-electron chi connectivity index (χ2n) is 7.37. The fourth-order valence-corrected chi connectivity index (χ4v) is 3.51. The lowest BCUT2D eigenvalue weighted by Gasteiger charge is -2.13.